The van der Waals surface area contributed by atoms with Gasteiger partial charge in [-0.05, 0) is 58.0 Å². The minimum absolute atomic E-state index is 0.120. The number of fused-ring (bicyclic) bond motifs is 1. The van der Waals surface area contributed by atoms with Crippen LogP contribution < -0.4 is 10.3 Å². The van der Waals surface area contributed by atoms with E-state index in [0.29, 0.717) is 11.1 Å². The average molecular weight is 393 g/mol. The van der Waals surface area contributed by atoms with Crippen LogP contribution in [-0.2, 0) is 6.54 Å². The minimum atomic E-state index is -0.328. The minimum Gasteiger partial charge on any atom is -0.507 e. The Labute approximate surface area is 170 Å². The largest absolute Gasteiger partial charge is 0.507 e. The Bertz CT molecular complexity index is 1050. The number of hydrazone groups is 1. The van der Waals surface area contributed by atoms with Crippen molar-refractivity contribution in [2.45, 2.75) is 34.2 Å². The second kappa shape index (κ2) is 8.77. The lowest BCUT2D eigenvalue weighted by Crippen LogP contribution is -2.21. The molecule has 0 atom stereocenters. The molecule has 0 aliphatic rings. The SMILES string of the molecule is CCN(CC)c1ccc(/C=N/NC(=O)c2ccc3c(c2)nc(C)n3CC)c(O)c1. The van der Waals surface area contributed by atoms with E-state index in [1.54, 1.807) is 24.3 Å². The molecule has 1 aromatic heterocycles. The van der Waals surface area contributed by atoms with Crippen molar-refractivity contribution in [3.8, 4) is 5.75 Å². The van der Waals surface area contributed by atoms with E-state index in [1.165, 1.54) is 6.21 Å². The van der Waals surface area contributed by atoms with Gasteiger partial charge in [-0.3, -0.25) is 4.79 Å². The van der Waals surface area contributed by atoms with Crippen LogP contribution in [0, 0.1) is 6.92 Å². The summed E-state index contributed by atoms with van der Waals surface area (Å²) in [6.45, 7) is 10.7. The lowest BCUT2D eigenvalue weighted by atomic mass is 10.2. The molecule has 0 spiro atoms. The van der Waals surface area contributed by atoms with Crippen LogP contribution in [0.15, 0.2) is 41.5 Å². The normalized spacial score (nSPS) is 11.3. The van der Waals surface area contributed by atoms with Crippen LogP contribution in [0.3, 0.4) is 0 Å². The standard InChI is InChI=1S/C22H27N5O2/c1-5-26(6-2)18-10-8-17(21(28)13-18)14-23-25-22(29)16-9-11-20-19(12-16)24-15(4)27(20)7-3/h8-14,28H,5-7H2,1-4H3,(H,25,29)/b23-14+. The number of anilines is 1. The second-order valence-corrected chi connectivity index (χ2v) is 6.72. The molecular weight excluding hydrogens is 366 g/mol. The molecule has 7 nitrogen and oxygen atoms in total. The number of phenols is 1. The third-order valence-electron chi connectivity index (χ3n) is 5.03. The predicted molar refractivity (Wildman–Crippen MR) is 117 cm³/mol. The molecule has 3 rings (SSSR count). The Hall–Kier alpha value is -3.35. The number of amides is 1. The van der Waals surface area contributed by atoms with Crippen LogP contribution in [0.25, 0.3) is 11.0 Å². The highest BCUT2D eigenvalue weighted by atomic mass is 16.3. The third-order valence-corrected chi connectivity index (χ3v) is 5.03. The quantitative estimate of drug-likeness (QED) is 0.474. The zero-order valence-corrected chi connectivity index (χ0v) is 17.3. The van der Waals surface area contributed by atoms with Crippen LogP contribution in [0.1, 0.15) is 42.5 Å². The number of imidazole rings is 1. The van der Waals surface area contributed by atoms with Gasteiger partial charge in [0.15, 0.2) is 0 Å². The first-order valence-electron chi connectivity index (χ1n) is 9.86. The van der Waals surface area contributed by atoms with Crippen LogP contribution >= 0.6 is 0 Å². The molecule has 7 heteroatoms. The smallest absolute Gasteiger partial charge is 0.271 e. The van der Waals surface area contributed by atoms with Crippen molar-refractivity contribution >= 4 is 28.8 Å². The van der Waals surface area contributed by atoms with Gasteiger partial charge >= 0.3 is 0 Å². The highest BCUT2D eigenvalue weighted by Gasteiger charge is 2.11. The zero-order valence-electron chi connectivity index (χ0n) is 17.3. The van der Waals surface area contributed by atoms with Crippen LogP contribution in [0.2, 0.25) is 0 Å². The summed E-state index contributed by atoms with van der Waals surface area (Å²) in [6.07, 6.45) is 1.44. The maximum atomic E-state index is 12.4. The zero-order chi connectivity index (χ0) is 21.0. The molecule has 0 radical (unpaired) electrons. The monoisotopic (exact) mass is 393 g/mol. The van der Waals surface area contributed by atoms with E-state index in [9.17, 15) is 9.90 Å². The van der Waals surface area contributed by atoms with Crippen molar-refractivity contribution in [3.63, 3.8) is 0 Å². The third kappa shape index (κ3) is 4.23. The molecule has 0 saturated carbocycles. The summed E-state index contributed by atoms with van der Waals surface area (Å²) >= 11 is 0. The van der Waals surface area contributed by atoms with E-state index < -0.39 is 0 Å². The summed E-state index contributed by atoms with van der Waals surface area (Å²) in [7, 11) is 0. The number of phenolic OH excluding ortho intramolecular Hbond substituents is 1. The average Bonchev–Trinajstić information content (AvgIpc) is 3.04. The molecule has 0 saturated heterocycles. The van der Waals surface area contributed by atoms with E-state index in [1.807, 2.05) is 19.1 Å². The van der Waals surface area contributed by atoms with Gasteiger partial charge in [-0.2, -0.15) is 5.10 Å². The number of nitrogens with zero attached hydrogens (tertiary/aromatic N) is 4. The Morgan fingerprint density at radius 2 is 1.97 bits per heavy atom. The van der Waals surface area contributed by atoms with Gasteiger partial charge in [0.25, 0.3) is 5.91 Å². The molecule has 152 valence electrons. The second-order valence-electron chi connectivity index (χ2n) is 6.72. The summed E-state index contributed by atoms with van der Waals surface area (Å²) in [5.41, 5.74) is 6.26. The molecule has 2 N–H and O–H groups in total. The van der Waals surface area contributed by atoms with Crippen molar-refractivity contribution in [2.24, 2.45) is 5.10 Å². The number of nitrogens with one attached hydrogen (secondary N) is 1. The summed E-state index contributed by atoms with van der Waals surface area (Å²) in [4.78, 5) is 19.1. The maximum absolute atomic E-state index is 12.4. The number of aryl methyl sites for hydroxylation is 2. The number of aromatic nitrogens is 2. The molecule has 0 fully saturated rings. The van der Waals surface area contributed by atoms with Gasteiger partial charge in [0.1, 0.15) is 11.6 Å². The number of rotatable bonds is 7. The highest BCUT2D eigenvalue weighted by Crippen LogP contribution is 2.23. The Morgan fingerprint density at radius 1 is 1.21 bits per heavy atom. The first-order valence-corrected chi connectivity index (χ1v) is 9.86. The first-order chi connectivity index (χ1) is 14.0. The predicted octanol–water partition coefficient (Wildman–Crippen LogP) is 3.68. The lowest BCUT2D eigenvalue weighted by molar-refractivity contribution is 0.0955. The van der Waals surface area contributed by atoms with Crippen LogP contribution in [0.4, 0.5) is 5.69 Å². The van der Waals surface area contributed by atoms with E-state index in [-0.39, 0.29) is 11.7 Å². The van der Waals surface area contributed by atoms with E-state index in [2.05, 4.69) is 45.7 Å². The fourth-order valence-corrected chi connectivity index (χ4v) is 3.44. The summed E-state index contributed by atoms with van der Waals surface area (Å²) < 4.78 is 2.10. The molecule has 3 aromatic rings. The summed E-state index contributed by atoms with van der Waals surface area (Å²) in [6, 6.07) is 10.8. The number of aromatic hydroxyl groups is 1. The van der Waals surface area contributed by atoms with Crippen LogP contribution in [-0.4, -0.2) is 39.9 Å². The molecule has 0 aliphatic carbocycles. The van der Waals surface area contributed by atoms with E-state index in [0.717, 1.165) is 42.2 Å². The first kappa shape index (κ1) is 20.4. The number of carbonyl (C=O) groups is 1. The van der Waals surface area contributed by atoms with Gasteiger partial charge in [0.05, 0.1) is 17.2 Å². The van der Waals surface area contributed by atoms with Gasteiger partial charge in [0, 0.05) is 42.5 Å². The lowest BCUT2D eigenvalue weighted by Gasteiger charge is -2.21. The maximum Gasteiger partial charge on any atom is 0.271 e. The number of carbonyl (C=O) groups excluding carboxylic acids is 1. The van der Waals surface area contributed by atoms with Gasteiger partial charge in [-0.25, -0.2) is 10.4 Å². The summed E-state index contributed by atoms with van der Waals surface area (Å²) in [5, 5.41) is 14.2. The van der Waals surface area contributed by atoms with Crippen molar-refractivity contribution in [2.75, 3.05) is 18.0 Å². The van der Waals surface area contributed by atoms with Gasteiger partial charge in [0.2, 0.25) is 0 Å². The number of benzene rings is 2. The topological polar surface area (TPSA) is 82.8 Å². The van der Waals surface area contributed by atoms with Crippen molar-refractivity contribution < 1.29 is 9.90 Å². The molecule has 29 heavy (non-hydrogen) atoms. The van der Waals surface area contributed by atoms with Crippen LogP contribution in [0.5, 0.6) is 5.75 Å². The van der Waals surface area contributed by atoms with E-state index in [4.69, 9.17) is 0 Å². The van der Waals surface area contributed by atoms with Gasteiger partial charge in [-0.15, -0.1) is 0 Å². The molecular formula is C22H27N5O2. The number of hydrogen-bond donors (Lipinski definition) is 2. The fourth-order valence-electron chi connectivity index (χ4n) is 3.44. The van der Waals surface area contributed by atoms with Crippen molar-refractivity contribution in [3.05, 3.63) is 53.3 Å². The Balaban J connectivity index is 1.72. The molecule has 2 aromatic carbocycles. The molecule has 1 heterocycles. The van der Waals surface area contributed by atoms with Crippen molar-refractivity contribution in [1.82, 2.24) is 15.0 Å². The molecule has 0 aliphatic heterocycles. The van der Waals surface area contributed by atoms with Gasteiger partial charge < -0.3 is 14.6 Å². The van der Waals surface area contributed by atoms with Gasteiger partial charge in [-0.1, -0.05) is 0 Å². The number of hydrogen-bond acceptors (Lipinski definition) is 5. The summed E-state index contributed by atoms with van der Waals surface area (Å²) in [5.74, 6) is 0.710. The van der Waals surface area contributed by atoms with Crippen molar-refractivity contribution in [1.29, 1.82) is 0 Å². The highest BCUT2D eigenvalue weighted by molar-refractivity contribution is 5.98. The Morgan fingerprint density at radius 3 is 2.62 bits per heavy atom. The fraction of sp³-hybridized carbons (Fsp3) is 0.318. The molecule has 1 amide bonds. The van der Waals surface area contributed by atoms with E-state index >= 15 is 0 Å². The Kier molecular flexibility index (Phi) is 6.16. The molecule has 0 bridgehead atoms. The molecule has 0 unspecified atom stereocenters.